The minimum Gasteiger partial charge on any atom is -0.698 e. The Morgan fingerprint density at radius 3 is 1.35 bits per heavy atom. The third kappa shape index (κ3) is 10.5. The van der Waals surface area contributed by atoms with Gasteiger partial charge in [-0.1, -0.05) is 116 Å². The Morgan fingerprint density at radius 1 is 0.600 bits per heavy atom. The van der Waals surface area contributed by atoms with Crippen molar-refractivity contribution < 1.29 is 42.9 Å². The van der Waals surface area contributed by atoms with Crippen LogP contribution in [0.3, 0.4) is 0 Å². The molecule has 4 aromatic rings. The molecule has 0 radical (unpaired) electrons. The standard InChI is InChI=1S/C43H61O2P.C12H10N.CH4O3S.Pd/c1-25(2)34-17-35(26(3)4)39(36(18-34)27(5)6)40-37(44-7)9-10-38(45-8)41(40)46(42-19-28-11-29(20-42)13-30(12-28)21-42)43-22-31-14-32(23-43)16-33(15-31)24-43;13-12-9-5-4-8-11(12)10-6-2-1-3-7-10;1-5(2,3)4;/h9-10,17-18,25-33H,11-16,19-24H2,1-8H3;1-9,13H;1H3,(H,2,3,4);/q;-1;;. The second kappa shape index (κ2) is 20.1. The summed E-state index contributed by atoms with van der Waals surface area (Å²) in [5, 5.41) is 2.54. The Balaban J connectivity index is 0.000000277. The third-order valence-corrected chi connectivity index (χ3v) is 20.0. The molecule has 8 saturated carbocycles. The first-order valence-corrected chi connectivity index (χ1v) is 27.6. The van der Waals surface area contributed by atoms with Gasteiger partial charge >= 0.3 is 0 Å². The van der Waals surface area contributed by atoms with Crippen molar-refractivity contribution in [2.24, 2.45) is 35.5 Å². The summed E-state index contributed by atoms with van der Waals surface area (Å²) in [6, 6.07) is 27.3. The molecule has 0 spiro atoms. The van der Waals surface area contributed by atoms with Crippen LogP contribution in [0.15, 0.2) is 78.9 Å². The number of hydrogen-bond acceptors (Lipinski definition) is 4. The van der Waals surface area contributed by atoms with Crippen molar-refractivity contribution in [3.8, 4) is 33.8 Å². The van der Waals surface area contributed by atoms with E-state index in [9.17, 15) is 8.42 Å². The van der Waals surface area contributed by atoms with Crippen molar-refractivity contribution in [2.45, 2.75) is 147 Å². The van der Waals surface area contributed by atoms with Crippen molar-refractivity contribution in [3.63, 3.8) is 0 Å². The van der Waals surface area contributed by atoms with Crippen molar-refractivity contribution in [1.82, 2.24) is 0 Å². The first-order valence-electron chi connectivity index (χ1n) is 24.4. The van der Waals surface area contributed by atoms with Gasteiger partial charge in [0.25, 0.3) is 10.1 Å². The Labute approximate surface area is 407 Å². The van der Waals surface area contributed by atoms with Crippen LogP contribution in [0.5, 0.6) is 11.5 Å². The molecule has 0 amide bonds. The molecule has 0 unspecified atom stereocenters. The van der Waals surface area contributed by atoms with Gasteiger partial charge < -0.3 is 15.2 Å². The van der Waals surface area contributed by atoms with Crippen molar-refractivity contribution in [2.75, 3.05) is 20.5 Å². The minimum absolute atomic E-state index is 0. The SMILES string of the molecule is COc1ccc(OC)c(P(C23CC4CC(CC(C4)C2)C3)C23CC4CC(CC(C4)C2)C3)c1-c1c(C(C)C)cc(C(C)C)cc1C(C)C.CS(=O)(=O)O.[NH-]c1ccccc1-c1ccccc1.[Pd]. The van der Waals surface area contributed by atoms with Crippen molar-refractivity contribution in [3.05, 3.63) is 101 Å². The monoisotopic (exact) mass is 1010 g/mol. The number of rotatable bonds is 10. The molecule has 0 saturated heterocycles. The molecule has 4 aromatic carbocycles. The van der Waals surface area contributed by atoms with Gasteiger partial charge in [0.15, 0.2) is 0 Å². The fraction of sp³-hybridized carbons (Fsp3) is 0.571. The van der Waals surface area contributed by atoms with Gasteiger partial charge in [0, 0.05) is 31.3 Å². The van der Waals surface area contributed by atoms with Gasteiger partial charge in [-0.25, -0.2) is 0 Å². The van der Waals surface area contributed by atoms with Crippen molar-refractivity contribution >= 4 is 29.0 Å². The summed E-state index contributed by atoms with van der Waals surface area (Å²) in [5.74, 6) is 9.33. The second-order valence-electron chi connectivity index (χ2n) is 22.0. The second-order valence-corrected chi connectivity index (χ2v) is 26.5. The maximum atomic E-state index is 9.19. The van der Waals surface area contributed by atoms with Crippen LogP contribution in [-0.4, -0.2) is 43.8 Å². The molecule has 8 fully saturated rings. The summed E-state index contributed by atoms with van der Waals surface area (Å²) >= 11 is 0. The molecule has 8 bridgehead atoms. The molecule has 12 rings (SSSR count). The van der Waals surface area contributed by atoms with Crippen molar-refractivity contribution in [1.29, 1.82) is 0 Å². The molecule has 2 N–H and O–H groups in total. The summed E-state index contributed by atoms with van der Waals surface area (Å²) in [7, 11) is -0.253. The van der Waals surface area contributed by atoms with Gasteiger partial charge in [0.2, 0.25) is 0 Å². The smallest absolute Gasteiger partial charge is 0.261 e. The Morgan fingerprint density at radius 2 is 0.985 bits per heavy atom. The van der Waals surface area contributed by atoms with E-state index in [1.54, 1.807) is 5.30 Å². The Kier molecular flexibility index (Phi) is 15.5. The van der Waals surface area contributed by atoms with Crippen LogP contribution in [0, 0.1) is 35.5 Å². The van der Waals surface area contributed by atoms with Crippen LogP contribution in [0.2, 0.25) is 0 Å². The number of hydrogen-bond donors (Lipinski definition) is 1. The van der Waals surface area contributed by atoms with Crippen LogP contribution in [-0.2, 0) is 30.5 Å². The molecule has 356 valence electrons. The maximum Gasteiger partial charge on any atom is 0.261 e. The summed E-state index contributed by atoms with van der Waals surface area (Å²) in [4.78, 5) is 0. The molecule has 8 aliphatic carbocycles. The summed E-state index contributed by atoms with van der Waals surface area (Å²) in [5.41, 5.74) is 17.8. The summed E-state index contributed by atoms with van der Waals surface area (Å²) in [6.07, 6.45) is 18.7. The molecular weight excluding hydrogens is 936 g/mol. The molecule has 0 heterocycles. The summed E-state index contributed by atoms with van der Waals surface area (Å²) < 4.78 is 39.0. The van der Waals surface area contributed by atoms with Crippen LogP contribution < -0.4 is 14.8 Å². The third-order valence-electron chi connectivity index (χ3n) is 16.1. The van der Waals surface area contributed by atoms with Crippen LogP contribution in [0.25, 0.3) is 28.0 Å². The first kappa shape index (κ1) is 50.2. The van der Waals surface area contributed by atoms with Gasteiger partial charge in [0.1, 0.15) is 11.5 Å². The van der Waals surface area contributed by atoms with E-state index in [0.717, 1.165) is 52.4 Å². The molecule has 9 heteroatoms. The van der Waals surface area contributed by atoms with E-state index in [1.165, 1.54) is 111 Å². The van der Waals surface area contributed by atoms with Crippen LogP contribution in [0.4, 0.5) is 5.69 Å². The fourth-order valence-corrected chi connectivity index (χ4v) is 20.0. The van der Waals surface area contributed by atoms with Gasteiger partial charge in [-0.2, -0.15) is 8.42 Å². The molecule has 0 aromatic heterocycles. The van der Waals surface area contributed by atoms with Crippen LogP contribution >= 0.6 is 7.92 Å². The average molecular weight is 1010 g/mol. The van der Waals surface area contributed by atoms with E-state index in [1.807, 2.05) is 68.8 Å². The molecule has 65 heavy (non-hydrogen) atoms. The fourth-order valence-electron chi connectivity index (χ4n) is 14.6. The van der Waals surface area contributed by atoms with E-state index in [0.29, 0.717) is 40.0 Å². The Hall–Kier alpha value is -2.72. The van der Waals surface area contributed by atoms with E-state index in [2.05, 4.69) is 65.8 Å². The Bertz CT molecular complexity index is 2240. The van der Waals surface area contributed by atoms with E-state index >= 15 is 0 Å². The predicted octanol–water partition coefficient (Wildman–Crippen LogP) is 15.3. The topological polar surface area (TPSA) is 96.6 Å². The van der Waals surface area contributed by atoms with Crippen LogP contribution in [0.1, 0.15) is 153 Å². The average Bonchev–Trinajstić information content (AvgIpc) is 3.22. The predicted molar refractivity (Wildman–Crippen MR) is 269 cm³/mol. The quantitative estimate of drug-likeness (QED) is 0.0970. The molecule has 0 atom stereocenters. The molecule has 6 nitrogen and oxygen atoms in total. The van der Waals surface area contributed by atoms with Gasteiger partial charge in [0.05, 0.1) is 20.5 Å². The zero-order chi connectivity index (χ0) is 45.7. The normalized spacial score (nSPS) is 28.6. The maximum absolute atomic E-state index is 9.19. The molecule has 8 aliphatic rings. The van der Waals surface area contributed by atoms with E-state index in [-0.39, 0.29) is 20.4 Å². The van der Waals surface area contributed by atoms with Gasteiger partial charge in [-0.3, -0.25) is 4.55 Å². The van der Waals surface area contributed by atoms with E-state index in [4.69, 9.17) is 19.8 Å². The van der Waals surface area contributed by atoms with Gasteiger partial charge in [-0.15, -0.1) is 5.69 Å². The minimum atomic E-state index is -3.67. The number of nitrogens with one attached hydrogen (secondary N) is 1. The first-order chi connectivity index (χ1) is 30.4. The zero-order valence-electron chi connectivity index (χ0n) is 40.4. The molecule has 0 aliphatic heterocycles. The van der Waals surface area contributed by atoms with E-state index < -0.39 is 18.0 Å². The number of ether oxygens (including phenoxy) is 2. The summed E-state index contributed by atoms with van der Waals surface area (Å²) in [6.45, 7) is 14.4. The number of methoxy groups -OCH3 is 2. The van der Waals surface area contributed by atoms with Gasteiger partial charge in [-0.05, 0) is 186 Å². The zero-order valence-corrected chi connectivity index (χ0v) is 43.7. The largest absolute Gasteiger partial charge is 0.698 e. The number of benzene rings is 4. The molecular formula is C56H75NO5PPdS-.